The number of likely N-dealkylation sites (N-methyl/N-ethyl adjacent to an activating group) is 1. The van der Waals surface area contributed by atoms with Crippen molar-refractivity contribution < 1.29 is 40.9 Å². The van der Waals surface area contributed by atoms with Gasteiger partial charge in [0.25, 0.3) is 0 Å². The lowest BCUT2D eigenvalue weighted by Gasteiger charge is -2.35. The van der Waals surface area contributed by atoms with Crippen LogP contribution in [-0.2, 0) is 58.7 Å². The van der Waals surface area contributed by atoms with Gasteiger partial charge in [-0.1, -0.05) is 97.9 Å². The first-order valence-corrected chi connectivity index (χ1v) is 27.5. The molecule has 4 aliphatic carbocycles. The molecule has 418 valence electrons. The summed E-state index contributed by atoms with van der Waals surface area (Å²) in [5.74, 6) is -1.40. The molecule has 8 rings (SSSR count). The first-order valence-electron chi connectivity index (χ1n) is 27.5. The van der Waals surface area contributed by atoms with E-state index in [0.717, 1.165) is 44.5 Å². The Morgan fingerprint density at radius 2 is 0.603 bits per heavy atom. The van der Waals surface area contributed by atoms with Crippen molar-refractivity contribution in [3.63, 3.8) is 0 Å². The van der Waals surface area contributed by atoms with Gasteiger partial charge >= 0.3 is 0 Å². The van der Waals surface area contributed by atoms with Crippen molar-refractivity contribution >= 4 is 0 Å². The maximum Gasteiger partial charge on any atom is 0.162 e. The number of hydrogen-bond donors (Lipinski definition) is 8. The van der Waals surface area contributed by atoms with Gasteiger partial charge in [0.1, 0.15) is 0 Å². The number of benzene rings is 4. The Morgan fingerprint density at radius 1 is 0.372 bits per heavy atom. The third-order valence-corrected chi connectivity index (χ3v) is 17.8. The van der Waals surface area contributed by atoms with Crippen LogP contribution < -0.4 is 0 Å². The summed E-state index contributed by atoms with van der Waals surface area (Å²) in [5.41, 5.74) is 6.91. The molecule has 4 aliphatic rings. The van der Waals surface area contributed by atoms with Crippen molar-refractivity contribution in [3.05, 3.63) is 166 Å². The molecule has 0 heterocycles. The molecule has 2 spiro atoms. The molecule has 2 unspecified atom stereocenters. The lowest BCUT2D eigenvalue weighted by atomic mass is 9.70. The van der Waals surface area contributed by atoms with E-state index >= 15 is 0 Å². The maximum atomic E-state index is 12.1. The lowest BCUT2D eigenvalue weighted by Crippen LogP contribution is -2.32. The van der Waals surface area contributed by atoms with Crippen LogP contribution >= 0.6 is 0 Å². The Kier molecular flexibility index (Phi) is 15.5. The molecule has 12 nitrogen and oxygen atoms in total. The zero-order chi connectivity index (χ0) is 57.2. The first-order chi connectivity index (χ1) is 36.6. The second-order valence-electron chi connectivity index (χ2n) is 25.7. The quantitative estimate of drug-likeness (QED) is 0.0277. The summed E-state index contributed by atoms with van der Waals surface area (Å²) in [7, 11) is 1.96. The molecule has 0 amide bonds. The molecule has 2 atom stereocenters. The predicted octanol–water partition coefficient (Wildman–Crippen LogP) is 11.7. The van der Waals surface area contributed by atoms with E-state index in [1.807, 2.05) is 37.4 Å². The fourth-order valence-corrected chi connectivity index (χ4v) is 15.3. The fourth-order valence-electron chi connectivity index (χ4n) is 15.3. The maximum absolute atomic E-state index is 12.1. The summed E-state index contributed by atoms with van der Waals surface area (Å²) < 4.78 is 0. The average molecular weight is 1060 g/mol. The predicted molar refractivity (Wildman–Crippen MR) is 314 cm³/mol. The first kappa shape index (κ1) is 57.7. The molecule has 4 aromatic rings. The highest BCUT2D eigenvalue weighted by atomic mass is 16.3. The van der Waals surface area contributed by atoms with Gasteiger partial charge in [0.2, 0.25) is 0 Å². The number of hydrogen-bond acceptors (Lipinski definition) is 12. The normalized spacial score (nSPS) is 20.8. The van der Waals surface area contributed by atoms with Crippen molar-refractivity contribution in [2.75, 3.05) is 52.9 Å². The highest BCUT2D eigenvalue weighted by Crippen LogP contribution is 2.69. The molecule has 0 radical (unpaired) electrons. The number of rotatable bonds is 22. The molecular formula is C66H86N4O8. The van der Waals surface area contributed by atoms with Gasteiger partial charge in [-0.25, -0.2) is 0 Å². The fraction of sp³-hybridized carbons (Fsp3) is 0.455. The Morgan fingerprint density at radius 3 is 0.846 bits per heavy atom. The molecule has 78 heavy (non-hydrogen) atoms. The van der Waals surface area contributed by atoms with E-state index in [-0.39, 0.29) is 59.1 Å². The number of fused-ring (bicyclic) bond motifs is 8. The number of aromatic hydroxyl groups is 8. The van der Waals surface area contributed by atoms with Crippen LogP contribution in [0.4, 0.5) is 0 Å². The SMILES string of the molecule is C=CCN(C)Cc1c(O)c(O)cc2c1C1(CC2(C)C)CC(C)(C)c2cc(O)c(O)c(CN(CC=C)C/C=C/CN(CC=C)Cc3c(O)c(O)cc4c3C3(CC(C)(C)c5cc(O)c(O)c(CN(CC=C)CC=C)c53)CC4(C)C)c21. The zero-order valence-corrected chi connectivity index (χ0v) is 47.9. The molecular weight excluding hydrogens is 977 g/mol. The standard InChI is InChI=1S/C66H86N4O8/c1-15-22-67(14)33-41-53-45(29-49(71)57(41)75)61(6,7)37-65(53)38-62(8,9)47-31-51(73)59(77)43(55(47)65)35-69(25-18-4)27-20-21-28-70(26-19-5)36-44-56-48(32-52(74)60(44)78)64(12,13)40-66(56)39-63(10,11)46-30-50(72)58(76)42(54(46)66)34-68(23-16-2)24-17-3/h15-21,29-32,71-78H,1-5,22-28,33-40H2,6-14H3/b21-20+. The second-order valence-corrected chi connectivity index (χ2v) is 25.7. The molecule has 4 aromatic carbocycles. The highest BCUT2D eigenvalue weighted by Gasteiger charge is 2.61. The van der Waals surface area contributed by atoms with E-state index in [9.17, 15) is 40.9 Å². The summed E-state index contributed by atoms with van der Waals surface area (Å²) in [6.07, 6.45) is 15.8. The molecule has 0 bridgehead atoms. The Bertz CT molecular complexity index is 3090. The van der Waals surface area contributed by atoms with Crippen molar-refractivity contribution in [1.82, 2.24) is 19.6 Å². The lowest BCUT2D eigenvalue weighted by molar-refractivity contribution is 0.299. The average Bonchev–Trinajstić information content (AvgIpc) is 3.82. The molecule has 12 heteroatoms. The van der Waals surface area contributed by atoms with Crippen LogP contribution in [0.15, 0.2) is 99.7 Å². The van der Waals surface area contributed by atoms with Crippen molar-refractivity contribution in [3.8, 4) is 46.0 Å². The summed E-state index contributed by atoms with van der Waals surface area (Å²) in [6.45, 7) is 42.1. The molecule has 0 aromatic heterocycles. The minimum absolute atomic E-state index is 0.150. The molecule has 0 saturated heterocycles. The van der Waals surface area contributed by atoms with Crippen molar-refractivity contribution in [1.29, 1.82) is 0 Å². The van der Waals surface area contributed by atoms with Crippen LogP contribution in [0.5, 0.6) is 46.0 Å². The van der Waals surface area contributed by atoms with Gasteiger partial charge in [0.05, 0.1) is 0 Å². The zero-order valence-electron chi connectivity index (χ0n) is 47.9. The second kappa shape index (κ2) is 21.0. The molecule has 0 fully saturated rings. The molecule has 0 aliphatic heterocycles. The Balaban J connectivity index is 1.16. The monoisotopic (exact) mass is 1060 g/mol. The third kappa shape index (κ3) is 9.70. The van der Waals surface area contributed by atoms with Crippen molar-refractivity contribution in [2.45, 2.75) is 140 Å². The largest absolute Gasteiger partial charge is 0.504 e. The van der Waals surface area contributed by atoms with Gasteiger partial charge in [-0.05, 0) is 123 Å². The van der Waals surface area contributed by atoms with Gasteiger partial charge in [0, 0.05) is 105 Å². The van der Waals surface area contributed by atoms with E-state index in [4.69, 9.17) is 0 Å². The van der Waals surface area contributed by atoms with Crippen LogP contribution in [0.2, 0.25) is 0 Å². The van der Waals surface area contributed by atoms with E-state index in [1.54, 1.807) is 24.3 Å². The van der Waals surface area contributed by atoms with Crippen LogP contribution in [-0.4, -0.2) is 113 Å². The van der Waals surface area contributed by atoms with Crippen LogP contribution in [0, 0.1) is 0 Å². The van der Waals surface area contributed by atoms with Crippen LogP contribution in [0.1, 0.15) is 148 Å². The van der Waals surface area contributed by atoms with Gasteiger partial charge in [-0.15, -0.1) is 32.9 Å². The topological polar surface area (TPSA) is 175 Å². The summed E-state index contributed by atoms with van der Waals surface area (Å²) >= 11 is 0. The number of nitrogens with zero attached hydrogens (tertiary/aromatic N) is 4. The van der Waals surface area contributed by atoms with Gasteiger partial charge in [-0.2, -0.15) is 0 Å². The highest BCUT2D eigenvalue weighted by molar-refractivity contribution is 5.72. The van der Waals surface area contributed by atoms with E-state index < -0.39 is 32.5 Å². The summed E-state index contributed by atoms with van der Waals surface area (Å²) in [6, 6.07) is 6.86. The minimum Gasteiger partial charge on any atom is -0.504 e. The van der Waals surface area contributed by atoms with E-state index in [1.165, 1.54) is 0 Å². The van der Waals surface area contributed by atoms with Crippen molar-refractivity contribution in [2.24, 2.45) is 0 Å². The van der Waals surface area contributed by atoms with Gasteiger partial charge in [-0.3, -0.25) is 19.6 Å². The van der Waals surface area contributed by atoms with Gasteiger partial charge in [0.15, 0.2) is 46.0 Å². The Hall–Kier alpha value is -6.44. The smallest absolute Gasteiger partial charge is 0.162 e. The Labute approximate surface area is 463 Å². The van der Waals surface area contributed by atoms with Crippen LogP contribution in [0.3, 0.4) is 0 Å². The minimum atomic E-state index is -0.707. The van der Waals surface area contributed by atoms with Crippen LogP contribution in [0.25, 0.3) is 0 Å². The molecule has 8 N–H and O–H groups in total. The molecule has 0 saturated carbocycles. The summed E-state index contributed by atoms with van der Waals surface area (Å²) in [4.78, 5) is 8.50. The number of phenols is 8. The van der Waals surface area contributed by atoms with E-state index in [2.05, 4.69) is 120 Å². The van der Waals surface area contributed by atoms with Gasteiger partial charge < -0.3 is 40.9 Å². The van der Waals surface area contributed by atoms with E-state index in [0.29, 0.717) is 107 Å². The number of phenolic OH excluding ortho intramolecular Hbond substituents is 8. The third-order valence-electron chi connectivity index (χ3n) is 17.8. The summed E-state index contributed by atoms with van der Waals surface area (Å²) in [5, 5.41) is 93.5.